The molecule has 0 saturated carbocycles. The van der Waals surface area contributed by atoms with Crippen molar-refractivity contribution in [3.05, 3.63) is 0 Å². The number of primary amides is 1. The van der Waals surface area contributed by atoms with Crippen molar-refractivity contribution in [1.82, 2.24) is 16.0 Å². The average molecular weight is 582 g/mol. The zero-order valence-electron chi connectivity index (χ0n) is 22.1. The molecule has 0 saturated heterocycles. The molecule has 0 aliphatic carbocycles. The van der Waals surface area contributed by atoms with Crippen molar-refractivity contribution in [3.63, 3.8) is 0 Å². The standard InChI is InChI=1S/C22H39N5O11S/c1-14(29)37-11-16(38-15(2)30)12-39-13-17(23)21(33)27-18(10-28)22(34)25-4-6-36-8-7-35-5-3-20(32)26-9-19(24)31/h16-18,28H,3-13,23H2,1-2H3,(H2,24,31)(H,25,34)(H,26,32)(H,27,33)/t16-,17+,18+/m1/s1. The van der Waals surface area contributed by atoms with Gasteiger partial charge in [-0.15, -0.1) is 0 Å². The van der Waals surface area contributed by atoms with E-state index in [1.165, 1.54) is 25.6 Å². The number of esters is 2. The predicted octanol–water partition coefficient (Wildman–Crippen LogP) is -3.84. The number of hydrogen-bond acceptors (Lipinski definition) is 13. The first kappa shape index (κ1) is 36.0. The summed E-state index contributed by atoms with van der Waals surface area (Å²) in [6.45, 7) is 2.17. The Morgan fingerprint density at radius 2 is 1.56 bits per heavy atom. The third kappa shape index (κ3) is 20.6. The Labute approximate surface area is 230 Å². The van der Waals surface area contributed by atoms with E-state index >= 15 is 0 Å². The Morgan fingerprint density at radius 3 is 2.15 bits per heavy atom. The molecule has 0 fully saturated rings. The van der Waals surface area contributed by atoms with Gasteiger partial charge in [0.25, 0.3) is 0 Å². The van der Waals surface area contributed by atoms with Gasteiger partial charge in [-0.25, -0.2) is 0 Å². The first-order valence-corrected chi connectivity index (χ1v) is 13.1. The molecule has 3 atom stereocenters. The summed E-state index contributed by atoms with van der Waals surface area (Å²) >= 11 is 1.18. The molecule has 0 unspecified atom stereocenters. The minimum Gasteiger partial charge on any atom is -0.462 e. The minimum absolute atomic E-state index is 0.0604. The van der Waals surface area contributed by atoms with Gasteiger partial charge in [0, 0.05) is 38.3 Å². The number of carbonyl (C=O) groups excluding carboxylic acids is 6. The number of rotatable bonds is 22. The fourth-order valence-electron chi connectivity index (χ4n) is 2.57. The van der Waals surface area contributed by atoms with Gasteiger partial charge in [0.15, 0.2) is 0 Å². The highest BCUT2D eigenvalue weighted by molar-refractivity contribution is 7.99. The lowest BCUT2D eigenvalue weighted by atomic mass is 10.2. The van der Waals surface area contributed by atoms with E-state index in [2.05, 4.69) is 16.0 Å². The van der Waals surface area contributed by atoms with E-state index in [1.807, 2.05) is 0 Å². The largest absolute Gasteiger partial charge is 0.462 e. The average Bonchev–Trinajstić information content (AvgIpc) is 2.87. The lowest BCUT2D eigenvalue weighted by molar-refractivity contribution is -0.154. The highest BCUT2D eigenvalue weighted by atomic mass is 32.2. The molecular weight excluding hydrogens is 542 g/mol. The summed E-state index contributed by atoms with van der Waals surface area (Å²) in [6, 6.07) is -2.25. The number of nitrogens with one attached hydrogen (secondary N) is 3. The van der Waals surface area contributed by atoms with Gasteiger partial charge >= 0.3 is 11.9 Å². The van der Waals surface area contributed by atoms with E-state index in [4.69, 9.17) is 30.4 Å². The molecule has 0 bridgehead atoms. The van der Waals surface area contributed by atoms with Crippen LogP contribution in [0.3, 0.4) is 0 Å². The molecule has 0 heterocycles. The van der Waals surface area contributed by atoms with Gasteiger partial charge in [-0.05, 0) is 0 Å². The zero-order chi connectivity index (χ0) is 29.6. The van der Waals surface area contributed by atoms with Crippen LogP contribution in [0.2, 0.25) is 0 Å². The molecular formula is C22H39N5O11S. The number of ether oxygens (including phenoxy) is 4. The molecule has 0 aliphatic rings. The zero-order valence-corrected chi connectivity index (χ0v) is 22.9. The van der Waals surface area contributed by atoms with Crippen LogP contribution in [0.5, 0.6) is 0 Å². The van der Waals surface area contributed by atoms with Crippen LogP contribution in [0, 0.1) is 0 Å². The predicted molar refractivity (Wildman–Crippen MR) is 138 cm³/mol. The molecule has 0 rings (SSSR count). The van der Waals surface area contributed by atoms with Crippen molar-refractivity contribution < 1.29 is 52.8 Å². The van der Waals surface area contributed by atoms with Gasteiger partial charge in [0.1, 0.15) is 18.8 Å². The molecule has 39 heavy (non-hydrogen) atoms. The van der Waals surface area contributed by atoms with Gasteiger partial charge in [-0.1, -0.05) is 0 Å². The smallest absolute Gasteiger partial charge is 0.303 e. The van der Waals surface area contributed by atoms with Crippen LogP contribution < -0.4 is 27.4 Å². The van der Waals surface area contributed by atoms with Crippen molar-refractivity contribution >= 4 is 47.3 Å². The van der Waals surface area contributed by atoms with Crippen LogP contribution in [-0.4, -0.2) is 123 Å². The number of hydrogen-bond donors (Lipinski definition) is 6. The Balaban J connectivity index is 4.12. The van der Waals surface area contributed by atoms with Crippen LogP contribution >= 0.6 is 11.8 Å². The summed E-state index contributed by atoms with van der Waals surface area (Å²) in [5.41, 5.74) is 10.8. The maximum atomic E-state index is 12.3. The van der Waals surface area contributed by atoms with E-state index in [0.717, 1.165) is 0 Å². The number of aliphatic hydroxyl groups excluding tert-OH is 1. The Morgan fingerprint density at radius 1 is 0.897 bits per heavy atom. The molecule has 0 aromatic carbocycles. The number of amides is 4. The SMILES string of the molecule is CC(=O)OC[C@H](CSC[C@H](N)C(=O)N[C@@H](CO)C(=O)NCCOCCOCCC(=O)NCC(N)=O)OC(C)=O. The van der Waals surface area contributed by atoms with Crippen molar-refractivity contribution in [1.29, 1.82) is 0 Å². The van der Waals surface area contributed by atoms with E-state index in [0.29, 0.717) is 0 Å². The van der Waals surface area contributed by atoms with Crippen molar-refractivity contribution in [2.45, 2.75) is 38.5 Å². The van der Waals surface area contributed by atoms with E-state index in [9.17, 15) is 33.9 Å². The summed E-state index contributed by atoms with van der Waals surface area (Å²) in [5, 5.41) is 16.7. The maximum absolute atomic E-state index is 12.3. The quantitative estimate of drug-likeness (QED) is 0.0530. The summed E-state index contributed by atoms with van der Waals surface area (Å²) in [6.07, 6.45) is -0.650. The van der Waals surface area contributed by atoms with Crippen molar-refractivity contribution in [3.8, 4) is 0 Å². The second kappa shape index (κ2) is 21.9. The van der Waals surface area contributed by atoms with Crippen LogP contribution in [0.25, 0.3) is 0 Å². The molecule has 0 spiro atoms. The first-order valence-electron chi connectivity index (χ1n) is 12.0. The third-order valence-electron chi connectivity index (χ3n) is 4.41. The molecule has 16 nitrogen and oxygen atoms in total. The molecule has 8 N–H and O–H groups in total. The number of nitrogens with two attached hydrogens (primary N) is 2. The Kier molecular flexibility index (Phi) is 20.2. The molecule has 0 radical (unpaired) electrons. The number of aliphatic hydroxyl groups is 1. The van der Waals surface area contributed by atoms with Crippen LogP contribution in [0.15, 0.2) is 0 Å². The van der Waals surface area contributed by atoms with Gasteiger partial charge in [-0.3, -0.25) is 28.8 Å². The number of carbonyl (C=O) groups is 6. The van der Waals surface area contributed by atoms with Gasteiger partial charge in [-0.2, -0.15) is 11.8 Å². The lowest BCUT2D eigenvalue weighted by Crippen LogP contribution is -2.54. The summed E-state index contributed by atoms with van der Waals surface area (Å²) in [4.78, 5) is 68.6. The molecule has 0 aromatic rings. The Bertz CT molecular complexity index is 802. The Hall–Kier alpha value is -2.99. The summed E-state index contributed by atoms with van der Waals surface area (Å²) < 4.78 is 20.4. The number of thioether (sulfide) groups is 1. The molecule has 4 amide bonds. The first-order chi connectivity index (χ1) is 18.5. The highest BCUT2D eigenvalue weighted by Crippen LogP contribution is 2.09. The fraction of sp³-hybridized carbons (Fsp3) is 0.727. The van der Waals surface area contributed by atoms with Gasteiger partial charge in [0.2, 0.25) is 23.6 Å². The summed E-state index contributed by atoms with van der Waals surface area (Å²) in [7, 11) is 0. The highest BCUT2D eigenvalue weighted by Gasteiger charge is 2.23. The maximum Gasteiger partial charge on any atom is 0.303 e. The van der Waals surface area contributed by atoms with Crippen LogP contribution in [0.4, 0.5) is 0 Å². The summed E-state index contributed by atoms with van der Waals surface area (Å²) in [5.74, 6) is -3.07. The van der Waals surface area contributed by atoms with E-state index in [-0.39, 0.29) is 70.0 Å². The molecule has 17 heteroatoms. The van der Waals surface area contributed by atoms with E-state index in [1.54, 1.807) is 0 Å². The molecule has 0 aliphatic heterocycles. The minimum atomic E-state index is -1.23. The topological polar surface area (TPSA) is 248 Å². The van der Waals surface area contributed by atoms with Crippen LogP contribution in [-0.2, 0) is 47.7 Å². The van der Waals surface area contributed by atoms with Crippen LogP contribution in [0.1, 0.15) is 20.3 Å². The third-order valence-corrected chi connectivity index (χ3v) is 5.61. The molecule has 0 aromatic heterocycles. The van der Waals surface area contributed by atoms with Gasteiger partial charge in [0.05, 0.1) is 45.6 Å². The second-order valence-corrected chi connectivity index (χ2v) is 9.01. The van der Waals surface area contributed by atoms with Crippen molar-refractivity contribution in [2.75, 3.05) is 64.2 Å². The fourth-order valence-corrected chi connectivity index (χ4v) is 3.54. The second-order valence-electron chi connectivity index (χ2n) is 7.93. The van der Waals surface area contributed by atoms with Gasteiger partial charge < -0.3 is 51.5 Å². The lowest BCUT2D eigenvalue weighted by Gasteiger charge is -2.20. The monoisotopic (exact) mass is 581 g/mol. The normalized spacial score (nSPS) is 12.9. The molecule has 224 valence electrons. The van der Waals surface area contributed by atoms with Crippen molar-refractivity contribution in [2.24, 2.45) is 11.5 Å². The van der Waals surface area contributed by atoms with E-state index < -0.39 is 54.5 Å².